The molecule has 2 aliphatic rings. The minimum absolute atomic E-state index is 0.394. The zero-order valence-corrected chi connectivity index (χ0v) is 9.33. The third-order valence-corrected chi connectivity index (χ3v) is 4.05. The van der Waals surface area contributed by atoms with Crippen molar-refractivity contribution in [2.75, 3.05) is 13.2 Å². The van der Waals surface area contributed by atoms with Crippen LogP contribution in [0, 0.1) is 0 Å². The van der Waals surface area contributed by atoms with Gasteiger partial charge in [-0.3, -0.25) is 0 Å². The van der Waals surface area contributed by atoms with Gasteiger partial charge in [0.1, 0.15) is 0 Å². The first-order chi connectivity index (χ1) is 5.86. The Morgan fingerprint density at radius 2 is 2.17 bits per heavy atom. The van der Waals surface area contributed by atoms with Gasteiger partial charge in [-0.2, -0.15) is 0 Å². The first-order valence-electron chi connectivity index (χ1n) is 4.73. The van der Waals surface area contributed by atoms with Crippen molar-refractivity contribution in [2.45, 2.75) is 41.8 Å². The van der Waals surface area contributed by atoms with Crippen molar-refractivity contribution in [2.24, 2.45) is 0 Å². The third kappa shape index (κ3) is 2.12. The molecule has 1 saturated heterocycles. The Bertz CT molecular complexity index is 145. The smallest absolute Gasteiger partial charge is 0.0834 e. The van der Waals surface area contributed by atoms with Gasteiger partial charge >= 0.3 is 0 Å². The molecule has 12 heavy (non-hydrogen) atoms. The molecule has 2 rings (SSSR count). The second kappa shape index (κ2) is 4.24. The van der Waals surface area contributed by atoms with E-state index < -0.39 is 0 Å². The van der Waals surface area contributed by atoms with E-state index in [0.717, 1.165) is 23.6 Å². The lowest BCUT2D eigenvalue weighted by Gasteiger charge is -2.19. The largest absolute Gasteiger partial charge is 0.379 e. The van der Waals surface area contributed by atoms with E-state index in [1.807, 2.05) is 0 Å². The van der Waals surface area contributed by atoms with E-state index in [9.17, 15) is 0 Å². The number of hydrogen-bond donors (Lipinski definition) is 0. The molecule has 0 N–H and O–H groups in total. The molecule has 3 heteroatoms. The predicted molar refractivity (Wildman–Crippen MR) is 55.8 cm³/mol. The van der Waals surface area contributed by atoms with Crippen LogP contribution in [0.2, 0.25) is 0 Å². The third-order valence-electron chi connectivity index (χ3n) is 2.63. The van der Waals surface area contributed by atoms with Gasteiger partial charge in [-0.1, -0.05) is 22.6 Å². The summed E-state index contributed by atoms with van der Waals surface area (Å²) in [5, 5.41) is 0. The summed E-state index contributed by atoms with van der Waals surface area (Å²) in [4.78, 5) is 0. The average Bonchev–Trinajstić information content (AvgIpc) is 2.65. The molecule has 0 radical (unpaired) electrons. The zero-order chi connectivity index (χ0) is 8.39. The molecule has 0 aromatic carbocycles. The fraction of sp³-hybridized carbons (Fsp3) is 1.00. The summed E-state index contributed by atoms with van der Waals surface area (Å²) in [6, 6.07) is 0. The summed E-state index contributed by atoms with van der Waals surface area (Å²) in [5.74, 6) is 0. The average molecular weight is 282 g/mol. The van der Waals surface area contributed by atoms with Gasteiger partial charge in [-0.25, -0.2) is 0 Å². The molecule has 0 bridgehead atoms. The molecule has 2 fully saturated rings. The summed E-state index contributed by atoms with van der Waals surface area (Å²) in [7, 11) is 0. The molecule has 3 unspecified atom stereocenters. The minimum Gasteiger partial charge on any atom is -0.379 e. The number of rotatable bonds is 2. The summed E-state index contributed by atoms with van der Waals surface area (Å²) >= 11 is 2.51. The van der Waals surface area contributed by atoms with E-state index in [1.165, 1.54) is 19.3 Å². The van der Waals surface area contributed by atoms with E-state index in [0.29, 0.717) is 12.2 Å². The highest BCUT2D eigenvalue weighted by Crippen LogP contribution is 2.30. The molecule has 2 nitrogen and oxygen atoms in total. The highest BCUT2D eigenvalue weighted by atomic mass is 127. The standard InChI is InChI=1S/C9H15IO2/c10-8-2-1-3-9(8)12-7-4-5-11-6-7/h7-9H,1-6H2. The van der Waals surface area contributed by atoms with Crippen molar-refractivity contribution in [3.05, 3.63) is 0 Å². The van der Waals surface area contributed by atoms with Gasteiger partial charge in [0.15, 0.2) is 0 Å². The zero-order valence-electron chi connectivity index (χ0n) is 7.17. The van der Waals surface area contributed by atoms with Crippen molar-refractivity contribution in [1.82, 2.24) is 0 Å². The first-order valence-corrected chi connectivity index (χ1v) is 5.98. The van der Waals surface area contributed by atoms with E-state index in [-0.39, 0.29) is 0 Å². The number of alkyl halides is 1. The molecule has 1 saturated carbocycles. The van der Waals surface area contributed by atoms with Crippen LogP contribution in [0.3, 0.4) is 0 Å². The molecule has 1 aliphatic heterocycles. The van der Waals surface area contributed by atoms with Crippen molar-refractivity contribution in [3.63, 3.8) is 0 Å². The molecule has 3 atom stereocenters. The Kier molecular flexibility index (Phi) is 3.26. The van der Waals surface area contributed by atoms with Crippen LogP contribution in [-0.2, 0) is 9.47 Å². The van der Waals surface area contributed by atoms with Gasteiger partial charge in [0.25, 0.3) is 0 Å². The monoisotopic (exact) mass is 282 g/mol. The highest BCUT2D eigenvalue weighted by Gasteiger charge is 2.29. The van der Waals surface area contributed by atoms with E-state index in [4.69, 9.17) is 9.47 Å². The van der Waals surface area contributed by atoms with Crippen molar-refractivity contribution in [3.8, 4) is 0 Å². The summed E-state index contributed by atoms with van der Waals surface area (Å²) in [5.41, 5.74) is 0. The molecule has 0 aromatic heterocycles. The molecule has 1 heterocycles. The number of hydrogen-bond acceptors (Lipinski definition) is 2. The van der Waals surface area contributed by atoms with Crippen molar-refractivity contribution in [1.29, 1.82) is 0 Å². The molecular weight excluding hydrogens is 267 g/mol. The van der Waals surface area contributed by atoms with Gasteiger partial charge in [0.05, 0.1) is 18.8 Å². The Hall–Kier alpha value is 0.650. The Morgan fingerprint density at radius 3 is 2.75 bits per heavy atom. The van der Waals surface area contributed by atoms with Crippen LogP contribution in [0.15, 0.2) is 0 Å². The van der Waals surface area contributed by atoms with E-state index in [1.54, 1.807) is 0 Å². The van der Waals surface area contributed by atoms with E-state index in [2.05, 4.69) is 22.6 Å². The van der Waals surface area contributed by atoms with E-state index >= 15 is 0 Å². The molecule has 0 amide bonds. The quantitative estimate of drug-likeness (QED) is 0.570. The Balaban J connectivity index is 1.77. The minimum atomic E-state index is 0.394. The van der Waals surface area contributed by atoms with Crippen molar-refractivity contribution < 1.29 is 9.47 Å². The topological polar surface area (TPSA) is 18.5 Å². The summed E-state index contributed by atoms with van der Waals surface area (Å²) in [6.07, 6.45) is 5.93. The maximum Gasteiger partial charge on any atom is 0.0834 e. The Labute approximate surface area is 87.1 Å². The summed E-state index contributed by atoms with van der Waals surface area (Å²) < 4.78 is 12.0. The Morgan fingerprint density at radius 1 is 1.25 bits per heavy atom. The fourth-order valence-corrected chi connectivity index (χ4v) is 2.87. The first kappa shape index (κ1) is 9.21. The number of ether oxygens (including phenoxy) is 2. The fourth-order valence-electron chi connectivity index (χ4n) is 1.90. The van der Waals surface area contributed by atoms with Crippen LogP contribution < -0.4 is 0 Å². The maximum absolute atomic E-state index is 5.95. The van der Waals surface area contributed by atoms with Crippen LogP contribution in [-0.4, -0.2) is 29.3 Å². The van der Waals surface area contributed by atoms with Gasteiger partial charge in [-0.05, 0) is 25.7 Å². The van der Waals surface area contributed by atoms with Crippen LogP contribution in [0.5, 0.6) is 0 Å². The lowest BCUT2D eigenvalue weighted by molar-refractivity contribution is -0.00739. The molecule has 0 aromatic rings. The van der Waals surface area contributed by atoms with Gasteiger partial charge < -0.3 is 9.47 Å². The maximum atomic E-state index is 5.95. The number of halogens is 1. The van der Waals surface area contributed by atoms with Gasteiger partial charge in [0.2, 0.25) is 0 Å². The molecular formula is C9H15IO2. The van der Waals surface area contributed by atoms with Gasteiger partial charge in [0, 0.05) is 10.5 Å². The molecule has 1 aliphatic carbocycles. The van der Waals surface area contributed by atoms with Crippen LogP contribution >= 0.6 is 22.6 Å². The molecule has 70 valence electrons. The highest BCUT2D eigenvalue weighted by molar-refractivity contribution is 14.1. The summed E-state index contributed by atoms with van der Waals surface area (Å²) in [6.45, 7) is 1.71. The van der Waals surface area contributed by atoms with Crippen LogP contribution in [0.1, 0.15) is 25.7 Å². The SMILES string of the molecule is IC1CCCC1OC1CCOC1. The lowest BCUT2D eigenvalue weighted by atomic mass is 10.2. The lowest BCUT2D eigenvalue weighted by Crippen LogP contribution is -2.25. The predicted octanol–water partition coefficient (Wildman–Crippen LogP) is 2.15. The second-order valence-corrected chi connectivity index (χ2v) is 5.21. The van der Waals surface area contributed by atoms with Gasteiger partial charge in [-0.15, -0.1) is 0 Å². The normalized spacial score (nSPS) is 42.2. The van der Waals surface area contributed by atoms with Crippen LogP contribution in [0.25, 0.3) is 0 Å². The van der Waals surface area contributed by atoms with Crippen LogP contribution in [0.4, 0.5) is 0 Å². The molecule has 0 spiro atoms. The van der Waals surface area contributed by atoms with Crippen molar-refractivity contribution >= 4 is 22.6 Å². The second-order valence-electron chi connectivity index (χ2n) is 3.61.